The van der Waals surface area contributed by atoms with Gasteiger partial charge < -0.3 is 5.73 Å². The molecule has 0 atom stereocenters. The van der Waals surface area contributed by atoms with Crippen LogP contribution in [0.3, 0.4) is 0 Å². The molecule has 1 aliphatic rings. The monoisotopic (exact) mass is 324 g/mol. The summed E-state index contributed by atoms with van der Waals surface area (Å²) < 4.78 is 27.3. The molecule has 1 aromatic rings. The lowest BCUT2D eigenvalue weighted by molar-refractivity contribution is 0.399. The van der Waals surface area contributed by atoms with Gasteiger partial charge in [0.15, 0.2) is 0 Å². The molecule has 3 N–H and O–H groups in total. The summed E-state index contributed by atoms with van der Waals surface area (Å²) in [6, 6.07) is 6.26. The molecular formula is C12H18Cl2N2O2S. The fourth-order valence-electron chi connectivity index (χ4n) is 2.38. The van der Waals surface area contributed by atoms with Gasteiger partial charge in [-0.1, -0.05) is 30.5 Å². The second kappa shape index (κ2) is 6.41. The molecule has 4 nitrogen and oxygen atoms in total. The lowest BCUT2D eigenvalue weighted by atomic mass is 10.0. The van der Waals surface area contributed by atoms with Crippen molar-refractivity contribution in [2.75, 3.05) is 6.54 Å². The number of benzene rings is 1. The van der Waals surface area contributed by atoms with Crippen LogP contribution in [0.5, 0.6) is 0 Å². The maximum absolute atomic E-state index is 12.3. The molecular weight excluding hydrogens is 307 g/mol. The average Bonchev–Trinajstić information content (AvgIpc) is 2.77. The van der Waals surface area contributed by atoms with Gasteiger partial charge in [0.1, 0.15) is 0 Å². The van der Waals surface area contributed by atoms with E-state index in [9.17, 15) is 8.42 Å². The van der Waals surface area contributed by atoms with Crippen LogP contribution in [0.1, 0.15) is 25.7 Å². The zero-order valence-electron chi connectivity index (χ0n) is 10.4. The van der Waals surface area contributed by atoms with Crippen LogP contribution < -0.4 is 10.5 Å². The normalized spacial score (nSPS) is 18.0. The van der Waals surface area contributed by atoms with Crippen molar-refractivity contribution in [2.24, 2.45) is 5.73 Å². The number of nitrogens with one attached hydrogen (secondary N) is 1. The second-order valence-electron chi connectivity index (χ2n) is 4.75. The Morgan fingerprint density at radius 1 is 1.32 bits per heavy atom. The molecule has 0 aliphatic heterocycles. The third-order valence-corrected chi connectivity index (χ3v) is 5.22. The predicted octanol–water partition coefficient (Wildman–Crippen LogP) is 2.31. The van der Waals surface area contributed by atoms with Crippen LogP contribution in [0, 0.1) is 0 Å². The summed E-state index contributed by atoms with van der Waals surface area (Å²) in [6.45, 7) is 0.326. The Kier molecular flexibility index (Phi) is 5.65. The van der Waals surface area contributed by atoms with E-state index in [2.05, 4.69) is 4.72 Å². The molecule has 0 saturated heterocycles. The van der Waals surface area contributed by atoms with E-state index in [1.165, 1.54) is 12.1 Å². The third-order valence-electron chi connectivity index (χ3n) is 3.41. The van der Waals surface area contributed by atoms with E-state index in [1.54, 1.807) is 12.1 Å². The molecule has 0 bridgehead atoms. The largest absolute Gasteiger partial charge is 0.329 e. The summed E-state index contributed by atoms with van der Waals surface area (Å²) >= 11 is 5.82. The van der Waals surface area contributed by atoms with Crippen molar-refractivity contribution in [2.45, 2.75) is 36.1 Å². The Morgan fingerprint density at radius 3 is 2.47 bits per heavy atom. The first-order valence-electron chi connectivity index (χ1n) is 5.97. The van der Waals surface area contributed by atoms with Gasteiger partial charge in [-0.2, -0.15) is 0 Å². The predicted molar refractivity (Wildman–Crippen MR) is 79.3 cm³/mol. The molecule has 2 rings (SSSR count). The summed E-state index contributed by atoms with van der Waals surface area (Å²) in [7, 11) is -3.55. The van der Waals surface area contributed by atoms with E-state index in [-0.39, 0.29) is 17.3 Å². The third kappa shape index (κ3) is 3.83. The zero-order chi connectivity index (χ0) is 13.2. The van der Waals surface area contributed by atoms with Gasteiger partial charge in [-0.25, -0.2) is 13.1 Å². The van der Waals surface area contributed by atoms with Gasteiger partial charge in [-0.15, -0.1) is 12.4 Å². The van der Waals surface area contributed by atoms with Gasteiger partial charge in [0.25, 0.3) is 0 Å². The summed E-state index contributed by atoms with van der Waals surface area (Å²) in [5, 5.41) is 0.408. The molecule has 7 heteroatoms. The van der Waals surface area contributed by atoms with Crippen molar-refractivity contribution in [1.82, 2.24) is 4.72 Å². The highest BCUT2D eigenvalue weighted by Crippen LogP contribution is 2.30. The van der Waals surface area contributed by atoms with Crippen LogP contribution >= 0.6 is 24.0 Å². The number of hydrogen-bond acceptors (Lipinski definition) is 3. The number of halogens is 2. The van der Waals surface area contributed by atoms with Gasteiger partial charge in [0.05, 0.1) is 4.90 Å². The molecule has 1 aromatic carbocycles. The van der Waals surface area contributed by atoms with Crippen LogP contribution in [-0.2, 0) is 10.0 Å². The number of hydrogen-bond donors (Lipinski definition) is 2. The maximum atomic E-state index is 12.3. The number of rotatable bonds is 4. The highest BCUT2D eigenvalue weighted by atomic mass is 35.5. The standard InChI is InChI=1S/C12H17ClN2O2S.ClH/c13-10-4-3-5-11(8-10)18(16,17)15-12(9-14)6-1-2-7-12;/h3-5,8,15H,1-2,6-7,9,14H2;1H. The first-order valence-corrected chi connectivity index (χ1v) is 7.83. The molecule has 0 spiro atoms. The van der Waals surface area contributed by atoms with E-state index < -0.39 is 15.6 Å². The molecule has 1 fully saturated rings. The fourth-order valence-corrected chi connectivity index (χ4v) is 4.15. The van der Waals surface area contributed by atoms with Crippen LogP contribution in [0.25, 0.3) is 0 Å². The van der Waals surface area contributed by atoms with Crippen molar-refractivity contribution in [3.05, 3.63) is 29.3 Å². The minimum atomic E-state index is -3.55. The summed E-state index contributed by atoms with van der Waals surface area (Å²) in [4.78, 5) is 0.190. The topological polar surface area (TPSA) is 72.2 Å². The van der Waals surface area contributed by atoms with E-state index in [4.69, 9.17) is 17.3 Å². The lowest BCUT2D eigenvalue weighted by Crippen LogP contribution is -2.51. The first kappa shape index (κ1) is 16.7. The van der Waals surface area contributed by atoms with Gasteiger partial charge >= 0.3 is 0 Å². The van der Waals surface area contributed by atoms with Crippen LogP contribution in [0.2, 0.25) is 5.02 Å². The van der Waals surface area contributed by atoms with Crippen LogP contribution in [0.4, 0.5) is 0 Å². The van der Waals surface area contributed by atoms with E-state index in [0.29, 0.717) is 11.6 Å². The van der Waals surface area contributed by atoms with Crippen molar-refractivity contribution >= 4 is 34.0 Å². The highest BCUT2D eigenvalue weighted by molar-refractivity contribution is 7.89. The summed E-state index contributed by atoms with van der Waals surface area (Å²) in [5.74, 6) is 0. The molecule has 0 unspecified atom stereocenters. The molecule has 1 aliphatic carbocycles. The SMILES string of the molecule is Cl.NCC1(NS(=O)(=O)c2cccc(Cl)c2)CCCC1. The smallest absolute Gasteiger partial charge is 0.241 e. The van der Waals surface area contributed by atoms with E-state index in [0.717, 1.165) is 25.7 Å². The van der Waals surface area contributed by atoms with Gasteiger partial charge in [0, 0.05) is 17.1 Å². The van der Waals surface area contributed by atoms with E-state index >= 15 is 0 Å². The minimum absolute atomic E-state index is 0. The summed E-state index contributed by atoms with van der Waals surface area (Å²) in [5.41, 5.74) is 5.25. The lowest BCUT2D eigenvalue weighted by Gasteiger charge is -2.28. The quantitative estimate of drug-likeness (QED) is 0.892. The Bertz CT molecular complexity index is 528. The molecule has 1 saturated carbocycles. The molecule has 0 radical (unpaired) electrons. The highest BCUT2D eigenvalue weighted by Gasteiger charge is 2.36. The Balaban J connectivity index is 0.00000180. The average molecular weight is 325 g/mol. The molecule has 108 valence electrons. The Morgan fingerprint density at radius 2 is 1.95 bits per heavy atom. The Hall–Kier alpha value is -0.330. The van der Waals surface area contributed by atoms with Gasteiger partial charge in [-0.3, -0.25) is 0 Å². The van der Waals surface area contributed by atoms with Crippen LogP contribution in [0.15, 0.2) is 29.2 Å². The van der Waals surface area contributed by atoms with Crippen LogP contribution in [-0.4, -0.2) is 20.5 Å². The minimum Gasteiger partial charge on any atom is -0.329 e. The molecule has 0 aromatic heterocycles. The van der Waals surface area contributed by atoms with Gasteiger partial charge in [0.2, 0.25) is 10.0 Å². The number of sulfonamides is 1. The van der Waals surface area contributed by atoms with Crippen molar-refractivity contribution < 1.29 is 8.42 Å². The summed E-state index contributed by atoms with van der Waals surface area (Å²) in [6.07, 6.45) is 3.61. The van der Waals surface area contributed by atoms with Crippen molar-refractivity contribution in [1.29, 1.82) is 0 Å². The van der Waals surface area contributed by atoms with Crippen molar-refractivity contribution in [3.63, 3.8) is 0 Å². The fraction of sp³-hybridized carbons (Fsp3) is 0.500. The van der Waals surface area contributed by atoms with Crippen molar-refractivity contribution in [3.8, 4) is 0 Å². The maximum Gasteiger partial charge on any atom is 0.241 e. The molecule has 0 amide bonds. The zero-order valence-corrected chi connectivity index (χ0v) is 12.8. The first-order chi connectivity index (χ1) is 8.47. The Labute approximate surface area is 125 Å². The van der Waals surface area contributed by atoms with E-state index in [1.807, 2.05) is 0 Å². The molecule has 19 heavy (non-hydrogen) atoms. The van der Waals surface area contributed by atoms with Gasteiger partial charge in [-0.05, 0) is 31.0 Å². The molecule has 0 heterocycles. The second-order valence-corrected chi connectivity index (χ2v) is 6.87. The number of nitrogens with two attached hydrogens (primary N) is 1.